The van der Waals surface area contributed by atoms with E-state index in [1.165, 1.54) is 34.1 Å². The Morgan fingerprint density at radius 1 is 1.33 bits per heavy atom. The highest BCUT2D eigenvalue weighted by Gasteiger charge is 2.18. The van der Waals surface area contributed by atoms with Crippen LogP contribution in [0.2, 0.25) is 0 Å². The standard InChI is InChI=1S/C12H15NO3S2/c1-8-3-5-10(6-4-8)18-17-7-11(12(15)16)13-9(2)14/h3-6,11H,7H2,1-2H3,(H,13,14)(H,15,16). The maximum atomic E-state index is 10.9. The average Bonchev–Trinajstić information content (AvgIpc) is 2.29. The summed E-state index contributed by atoms with van der Waals surface area (Å²) in [4.78, 5) is 22.8. The zero-order valence-corrected chi connectivity index (χ0v) is 11.8. The van der Waals surface area contributed by atoms with E-state index in [9.17, 15) is 9.59 Å². The van der Waals surface area contributed by atoms with E-state index in [1.54, 1.807) is 0 Å². The van der Waals surface area contributed by atoms with Gasteiger partial charge in [-0.25, -0.2) is 4.79 Å². The van der Waals surface area contributed by atoms with E-state index in [4.69, 9.17) is 5.11 Å². The molecule has 0 aromatic heterocycles. The number of aliphatic carboxylic acids is 1. The van der Waals surface area contributed by atoms with Gasteiger partial charge in [0.25, 0.3) is 0 Å². The van der Waals surface area contributed by atoms with Gasteiger partial charge in [-0.05, 0) is 19.1 Å². The number of hydrogen-bond donors (Lipinski definition) is 2. The molecule has 1 aromatic rings. The number of hydrogen-bond acceptors (Lipinski definition) is 4. The zero-order valence-electron chi connectivity index (χ0n) is 10.2. The molecule has 0 heterocycles. The van der Waals surface area contributed by atoms with Gasteiger partial charge in [-0.1, -0.05) is 39.3 Å². The van der Waals surface area contributed by atoms with Crippen molar-refractivity contribution in [1.29, 1.82) is 0 Å². The third-order valence-electron chi connectivity index (χ3n) is 2.09. The Morgan fingerprint density at radius 3 is 2.44 bits per heavy atom. The Hall–Kier alpha value is -1.14. The lowest BCUT2D eigenvalue weighted by molar-refractivity contribution is -0.140. The van der Waals surface area contributed by atoms with E-state index in [1.807, 2.05) is 31.2 Å². The lowest BCUT2D eigenvalue weighted by atomic mass is 10.2. The Bertz CT molecular complexity index is 420. The number of carbonyl (C=O) groups excluding carboxylic acids is 1. The molecule has 4 nitrogen and oxygen atoms in total. The average molecular weight is 285 g/mol. The fraction of sp³-hybridized carbons (Fsp3) is 0.333. The summed E-state index contributed by atoms with van der Waals surface area (Å²) >= 11 is 0. The van der Waals surface area contributed by atoms with Gasteiger partial charge in [0, 0.05) is 17.6 Å². The molecule has 0 aliphatic carbocycles. The van der Waals surface area contributed by atoms with Crippen LogP contribution in [0.1, 0.15) is 12.5 Å². The second-order valence-electron chi connectivity index (χ2n) is 3.77. The normalized spacial score (nSPS) is 11.9. The van der Waals surface area contributed by atoms with Gasteiger partial charge in [-0.2, -0.15) is 0 Å². The summed E-state index contributed by atoms with van der Waals surface area (Å²) in [6.45, 7) is 3.33. The predicted molar refractivity (Wildman–Crippen MR) is 74.7 cm³/mol. The topological polar surface area (TPSA) is 66.4 Å². The van der Waals surface area contributed by atoms with E-state index in [2.05, 4.69) is 5.32 Å². The molecule has 0 aliphatic heterocycles. The molecular formula is C12H15NO3S2. The number of amides is 1. The van der Waals surface area contributed by atoms with Crippen molar-refractivity contribution in [2.24, 2.45) is 0 Å². The Balaban J connectivity index is 2.41. The molecule has 1 aromatic carbocycles. The van der Waals surface area contributed by atoms with E-state index < -0.39 is 12.0 Å². The highest BCUT2D eigenvalue weighted by Crippen LogP contribution is 2.31. The van der Waals surface area contributed by atoms with Gasteiger partial charge in [0.1, 0.15) is 6.04 Å². The number of nitrogens with one attached hydrogen (secondary N) is 1. The summed E-state index contributed by atoms with van der Waals surface area (Å²) in [7, 11) is 2.92. The molecule has 0 aliphatic rings. The molecule has 0 bridgehead atoms. The molecule has 1 rings (SSSR count). The second kappa shape index (κ2) is 7.33. The van der Waals surface area contributed by atoms with E-state index in [0.717, 1.165) is 4.90 Å². The van der Waals surface area contributed by atoms with Crippen molar-refractivity contribution in [3.8, 4) is 0 Å². The van der Waals surface area contributed by atoms with Gasteiger partial charge in [0.15, 0.2) is 0 Å². The van der Waals surface area contributed by atoms with Gasteiger partial charge < -0.3 is 10.4 Å². The summed E-state index contributed by atoms with van der Waals surface area (Å²) < 4.78 is 0. The van der Waals surface area contributed by atoms with Crippen LogP contribution in [0.3, 0.4) is 0 Å². The van der Waals surface area contributed by atoms with Crippen molar-refractivity contribution in [1.82, 2.24) is 5.32 Å². The lowest BCUT2D eigenvalue weighted by Crippen LogP contribution is -2.41. The quantitative estimate of drug-likeness (QED) is 0.785. The molecule has 0 spiro atoms. The lowest BCUT2D eigenvalue weighted by Gasteiger charge is -2.12. The zero-order chi connectivity index (χ0) is 13.5. The largest absolute Gasteiger partial charge is 0.480 e. The summed E-state index contributed by atoms with van der Waals surface area (Å²) in [5, 5.41) is 11.3. The summed E-state index contributed by atoms with van der Waals surface area (Å²) in [6, 6.07) is 7.14. The fourth-order valence-electron chi connectivity index (χ4n) is 1.18. The third kappa shape index (κ3) is 5.46. The number of carbonyl (C=O) groups is 2. The van der Waals surface area contributed by atoms with Crippen LogP contribution in [0.25, 0.3) is 0 Å². The highest BCUT2D eigenvalue weighted by molar-refractivity contribution is 8.76. The predicted octanol–water partition coefficient (Wildman–Crippen LogP) is 2.32. The highest BCUT2D eigenvalue weighted by atomic mass is 33.1. The van der Waals surface area contributed by atoms with Crippen LogP contribution in [-0.4, -0.2) is 28.8 Å². The first-order chi connectivity index (χ1) is 8.49. The minimum absolute atomic E-state index is 0.327. The number of carboxylic acid groups (broad SMARTS) is 1. The first-order valence-corrected chi connectivity index (χ1v) is 7.67. The Labute approximate surface area is 114 Å². The molecule has 1 unspecified atom stereocenters. The van der Waals surface area contributed by atoms with Crippen molar-refractivity contribution >= 4 is 33.5 Å². The fourth-order valence-corrected chi connectivity index (χ4v) is 3.35. The molecule has 1 atom stereocenters. The van der Waals surface area contributed by atoms with Crippen LogP contribution in [0.4, 0.5) is 0 Å². The molecule has 0 radical (unpaired) electrons. The molecule has 0 saturated heterocycles. The summed E-state index contributed by atoms with van der Waals surface area (Å²) in [6.07, 6.45) is 0. The van der Waals surface area contributed by atoms with Crippen molar-refractivity contribution in [3.05, 3.63) is 29.8 Å². The van der Waals surface area contributed by atoms with E-state index in [0.29, 0.717) is 5.75 Å². The maximum absolute atomic E-state index is 10.9. The first kappa shape index (κ1) is 14.9. The Morgan fingerprint density at radius 2 is 1.94 bits per heavy atom. The Kier molecular flexibility index (Phi) is 6.07. The van der Waals surface area contributed by atoms with E-state index in [-0.39, 0.29) is 5.91 Å². The van der Waals surface area contributed by atoms with Crippen LogP contribution in [0.15, 0.2) is 29.2 Å². The monoisotopic (exact) mass is 285 g/mol. The molecule has 2 N–H and O–H groups in total. The van der Waals surface area contributed by atoms with Gasteiger partial charge >= 0.3 is 5.97 Å². The van der Waals surface area contributed by atoms with Crippen LogP contribution in [0, 0.1) is 6.92 Å². The molecule has 18 heavy (non-hydrogen) atoms. The number of benzene rings is 1. The maximum Gasteiger partial charge on any atom is 0.327 e. The van der Waals surface area contributed by atoms with Crippen LogP contribution >= 0.6 is 21.6 Å². The second-order valence-corrected chi connectivity index (χ2v) is 6.19. The molecule has 98 valence electrons. The number of rotatable bonds is 6. The van der Waals surface area contributed by atoms with Crippen molar-refractivity contribution in [3.63, 3.8) is 0 Å². The molecule has 0 saturated carbocycles. The van der Waals surface area contributed by atoms with Gasteiger partial charge in [-0.15, -0.1) is 0 Å². The van der Waals surface area contributed by atoms with Gasteiger partial charge in [0.2, 0.25) is 5.91 Å². The number of aryl methyl sites for hydroxylation is 1. The summed E-state index contributed by atoms with van der Waals surface area (Å²) in [5.41, 5.74) is 1.19. The molecule has 1 amide bonds. The summed E-state index contributed by atoms with van der Waals surface area (Å²) in [5.74, 6) is -1.02. The van der Waals surface area contributed by atoms with Gasteiger partial charge in [0.05, 0.1) is 0 Å². The van der Waals surface area contributed by atoms with Crippen molar-refractivity contribution in [2.45, 2.75) is 24.8 Å². The smallest absolute Gasteiger partial charge is 0.327 e. The minimum atomic E-state index is -1.01. The van der Waals surface area contributed by atoms with Crippen molar-refractivity contribution < 1.29 is 14.7 Å². The van der Waals surface area contributed by atoms with Crippen molar-refractivity contribution in [2.75, 3.05) is 5.75 Å². The molecule has 0 fully saturated rings. The number of carboxylic acids is 1. The van der Waals surface area contributed by atoms with Crippen LogP contribution < -0.4 is 5.32 Å². The molecule has 6 heteroatoms. The van der Waals surface area contributed by atoms with Crippen LogP contribution in [-0.2, 0) is 9.59 Å². The van der Waals surface area contributed by atoms with E-state index >= 15 is 0 Å². The van der Waals surface area contributed by atoms with Gasteiger partial charge in [-0.3, -0.25) is 4.79 Å². The first-order valence-electron chi connectivity index (χ1n) is 5.35. The SMILES string of the molecule is CC(=O)NC(CSSc1ccc(C)cc1)C(=O)O. The van der Waals surface area contributed by atoms with Crippen LogP contribution in [0.5, 0.6) is 0 Å². The minimum Gasteiger partial charge on any atom is -0.480 e. The molecular weight excluding hydrogens is 270 g/mol. The third-order valence-corrected chi connectivity index (χ3v) is 4.48.